The van der Waals surface area contributed by atoms with Crippen LogP contribution in [0.2, 0.25) is 0 Å². The number of halogens is 1. The molecule has 0 radical (unpaired) electrons. The van der Waals surface area contributed by atoms with Crippen LogP contribution in [0.4, 0.5) is 4.79 Å². The van der Waals surface area contributed by atoms with Crippen molar-refractivity contribution >= 4 is 23.6 Å². The van der Waals surface area contributed by atoms with Crippen LogP contribution < -0.4 is 10.6 Å². The van der Waals surface area contributed by atoms with Crippen LogP contribution in [0, 0.1) is 11.8 Å². The van der Waals surface area contributed by atoms with E-state index >= 15 is 0 Å². The topological polar surface area (TPSA) is 67.4 Å². The molecule has 6 heteroatoms. The highest BCUT2D eigenvalue weighted by Crippen LogP contribution is 2.59. The number of esters is 1. The molecule has 2 amide bonds. The number of hydrogen-bond acceptors (Lipinski definition) is 3. The summed E-state index contributed by atoms with van der Waals surface area (Å²) in [4.78, 5) is 22.9. The van der Waals surface area contributed by atoms with E-state index < -0.39 is 5.97 Å². The minimum Gasteiger partial charge on any atom is -0.468 e. The Labute approximate surface area is 123 Å². The van der Waals surface area contributed by atoms with E-state index in [0.29, 0.717) is 11.8 Å². The first-order valence-electron chi connectivity index (χ1n) is 7.24. The SMILES string of the molecule is COC(=O)CNC(=O)NC12C[C@@H]3C[C@@H](CC(Cl)(C3)C1)C2. The van der Waals surface area contributed by atoms with Crippen molar-refractivity contribution in [2.75, 3.05) is 13.7 Å². The highest BCUT2D eigenvalue weighted by atomic mass is 35.5. The summed E-state index contributed by atoms with van der Waals surface area (Å²) in [6.07, 6.45) is 6.30. The first kappa shape index (κ1) is 14.0. The van der Waals surface area contributed by atoms with Crippen molar-refractivity contribution in [3.05, 3.63) is 0 Å². The van der Waals surface area contributed by atoms with Gasteiger partial charge in [0, 0.05) is 10.4 Å². The molecule has 0 heterocycles. The maximum absolute atomic E-state index is 12.0. The summed E-state index contributed by atoms with van der Waals surface area (Å²) < 4.78 is 4.51. The summed E-state index contributed by atoms with van der Waals surface area (Å²) in [5, 5.41) is 5.64. The zero-order valence-corrected chi connectivity index (χ0v) is 12.5. The van der Waals surface area contributed by atoms with Gasteiger partial charge in [0.25, 0.3) is 0 Å². The van der Waals surface area contributed by atoms with E-state index in [2.05, 4.69) is 15.4 Å². The number of amides is 2. The smallest absolute Gasteiger partial charge is 0.325 e. The molecule has 5 nitrogen and oxygen atoms in total. The number of rotatable bonds is 3. The number of nitrogens with one attached hydrogen (secondary N) is 2. The van der Waals surface area contributed by atoms with Gasteiger partial charge in [0.1, 0.15) is 6.54 Å². The number of carbonyl (C=O) groups excluding carboxylic acids is 2. The molecule has 0 aliphatic heterocycles. The Morgan fingerprint density at radius 2 is 1.90 bits per heavy atom. The van der Waals surface area contributed by atoms with Crippen LogP contribution in [0.25, 0.3) is 0 Å². The lowest BCUT2D eigenvalue weighted by atomic mass is 9.52. The molecular formula is C14H21ClN2O3. The van der Waals surface area contributed by atoms with Gasteiger partial charge in [0.15, 0.2) is 0 Å². The van der Waals surface area contributed by atoms with E-state index in [1.54, 1.807) is 0 Å². The Bertz CT molecular complexity index is 426. The first-order valence-corrected chi connectivity index (χ1v) is 7.62. The summed E-state index contributed by atoms with van der Waals surface area (Å²) in [5.74, 6) is 0.823. The van der Waals surface area contributed by atoms with Crippen molar-refractivity contribution in [2.24, 2.45) is 11.8 Å². The van der Waals surface area contributed by atoms with Gasteiger partial charge in [-0.1, -0.05) is 0 Å². The van der Waals surface area contributed by atoms with E-state index in [4.69, 9.17) is 11.6 Å². The molecule has 2 N–H and O–H groups in total. The number of hydrogen-bond donors (Lipinski definition) is 2. The van der Waals surface area contributed by atoms with Crippen LogP contribution in [-0.2, 0) is 9.53 Å². The van der Waals surface area contributed by atoms with Crippen LogP contribution in [0.1, 0.15) is 38.5 Å². The predicted octanol–water partition coefficient (Wildman–Crippen LogP) is 1.79. The molecule has 4 saturated carbocycles. The third-order valence-electron chi connectivity index (χ3n) is 4.99. The highest BCUT2D eigenvalue weighted by Gasteiger charge is 2.57. The van der Waals surface area contributed by atoms with Crippen molar-refractivity contribution < 1.29 is 14.3 Å². The molecular weight excluding hydrogens is 280 g/mol. The van der Waals surface area contributed by atoms with Gasteiger partial charge in [-0.25, -0.2) is 4.79 Å². The summed E-state index contributed by atoms with van der Waals surface area (Å²) >= 11 is 6.71. The van der Waals surface area contributed by atoms with Gasteiger partial charge in [0.2, 0.25) is 0 Å². The number of urea groups is 1. The second-order valence-electron chi connectivity index (χ2n) is 6.78. The lowest BCUT2D eigenvalue weighted by Gasteiger charge is -2.60. The van der Waals surface area contributed by atoms with Gasteiger partial charge in [0.05, 0.1) is 7.11 Å². The van der Waals surface area contributed by atoms with Gasteiger partial charge < -0.3 is 15.4 Å². The van der Waals surface area contributed by atoms with Crippen molar-refractivity contribution in [1.82, 2.24) is 10.6 Å². The fourth-order valence-corrected chi connectivity index (χ4v) is 5.50. The normalized spacial score (nSPS) is 41.3. The molecule has 0 aromatic carbocycles. The van der Waals surface area contributed by atoms with Crippen LogP contribution in [0.5, 0.6) is 0 Å². The summed E-state index contributed by atoms with van der Waals surface area (Å²) in [5.41, 5.74) is -0.175. The third kappa shape index (κ3) is 2.60. The second kappa shape index (κ2) is 4.79. The van der Waals surface area contributed by atoms with E-state index in [1.807, 2.05) is 0 Å². The van der Waals surface area contributed by atoms with Gasteiger partial charge in [-0.15, -0.1) is 11.6 Å². The molecule has 2 unspecified atom stereocenters. The van der Waals surface area contributed by atoms with Crippen molar-refractivity contribution in [3.8, 4) is 0 Å². The lowest BCUT2D eigenvalue weighted by molar-refractivity contribution is -0.139. The number of methoxy groups -OCH3 is 1. The summed E-state index contributed by atoms with van der Waals surface area (Å²) in [6, 6.07) is -0.294. The monoisotopic (exact) mass is 300 g/mol. The Morgan fingerprint density at radius 3 is 2.45 bits per heavy atom. The first-order chi connectivity index (χ1) is 9.42. The fraction of sp³-hybridized carbons (Fsp3) is 0.857. The third-order valence-corrected chi connectivity index (χ3v) is 5.43. The molecule has 4 aliphatic rings. The van der Waals surface area contributed by atoms with Gasteiger partial charge in [-0.05, 0) is 50.4 Å². The molecule has 4 aliphatic carbocycles. The van der Waals surface area contributed by atoms with E-state index in [-0.39, 0.29) is 23.0 Å². The Morgan fingerprint density at radius 1 is 1.25 bits per heavy atom. The number of alkyl halides is 1. The zero-order chi connectivity index (χ0) is 14.4. The van der Waals surface area contributed by atoms with Crippen LogP contribution >= 0.6 is 11.6 Å². The van der Waals surface area contributed by atoms with Gasteiger partial charge in [-0.2, -0.15) is 0 Å². The van der Waals surface area contributed by atoms with Crippen molar-refractivity contribution in [1.29, 1.82) is 0 Å². The van der Waals surface area contributed by atoms with Crippen LogP contribution in [0.3, 0.4) is 0 Å². The molecule has 4 fully saturated rings. The molecule has 20 heavy (non-hydrogen) atoms. The summed E-state index contributed by atoms with van der Waals surface area (Å²) in [7, 11) is 1.30. The average molecular weight is 301 g/mol. The van der Waals surface area contributed by atoms with Crippen LogP contribution in [0.15, 0.2) is 0 Å². The fourth-order valence-electron chi connectivity index (χ4n) is 4.81. The average Bonchev–Trinajstić information content (AvgIpc) is 2.32. The largest absolute Gasteiger partial charge is 0.468 e. The van der Waals surface area contributed by atoms with Gasteiger partial charge in [-0.3, -0.25) is 4.79 Å². The molecule has 4 atom stereocenters. The van der Waals surface area contributed by atoms with Crippen LogP contribution in [-0.4, -0.2) is 36.1 Å². The minimum absolute atomic E-state index is 0.0999. The molecule has 4 bridgehead atoms. The van der Waals surface area contributed by atoms with Gasteiger partial charge >= 0.3 is 12.0 Å². The van der Waals surface area contributed by atoms with E-state index in [0.717, 1.165) is 32.1 Å². The summed E-state index contributed by atoms with van der Waals surface area (Å²) in [6.45, 7) is -0.0999. The second-order valence-corrected chi connectivity index (χ2v) is 7.58. The lowest BCUT2D eigenvalue weighted by Crippen LogP contribution is -2.65. The van der Waals surface area contributed by atoms with E-state index in [1.165, 1.54) is 13.5 Å². The molecule has 0 aromatic heterocycles. The molecule has 0 saturated heterocycles. The zero-order valence-electron chi connectivity index (χ0n) is 11.7. The maximum atomic E-state index is 12.0. The Balaban J connectivity index is 1.62. The predicted molar refractivity (Wildman–Crippen MR) is 74.5 cm³/mol. The highest BCUT2D eigenvalue weighted by molar-refractivity contribution is 6.24. The molecule has 4 rings (SSSR count). The number of carbonyl (C=O) groups is 2. The maximum Gasteiger partial charge on any atom is 0.325 e. The number of ether oxygens (including phenoxy) is 1. The Kier molecular flexibility index (Phi) is 3.35. The standard InChI is InChI=1S/C14H21ClN2O3/c1-20-11(18)7-16-12(19)17-14-5-9-2-10(6-14)4-13(15,3-9)8-14/h9-10H,2-8H2,1H3,(H2,16,17,19)/t9-,10+,13?,14?. The molecule has 0 spiro atoms. The Hall–Kier alpha value is -0.970. The quantitative estimate of drug-likeness (QED) is 0.617. The van der Waals surface area contributed by atoms with Crippen molar-refractivity contribution in [2.45, 2.75) is 48.9 Å². The molecule has 0 aromatic rings. The molecule has 112 valence electrons. The van der Waals surface area contributed by atoms with E-state index in [9.17, 15) is 9.59 Å². The minimum atomic E-state index is -0.445. The van der Waals surface area contributed by atoms with Crippen molar-refractivity contribution in [3.63, 3.8) is 0 Å².